The Bertz CT molecular complexity index is 318. The van der Waals surface area contributed by atoms with E-state index >= 15 is 0 Å². The van der Waals surface area contributed by atoms with Crippen molar-refractivity contribution in [1.29, 1.82) is 0 Å². The van der Waals surface area contributed by atoms with Gasteiger partial charge in [0.15, 0.2) is 0 Å². The summed E-state index contributed by atoms with van der Waals surface area (Å²) in [6, 6.07) is 4.70. The summed E-state index contributed by atoms with van der Waals surface area (Å²) < 4.78 is 0. The average molecular weight is 204 g/mol. The highest BCUT2D eigenvalue weighted by molar-refractivity contribution is 5.23. The topological polar surface area (TPSA) is 24.9 Å². The zero-order valence-electron chi connectivity index (χ0n) is 9.66. The molecule has 1 atom stereocenters. The molecule has 0 radical (unpaired) electrons. The molecule has 1 aliphatic rings. The van der Waals surface area contributed by atoms with E-state index < -0.39 is 0 Å². The highest BCUT2D eigenvalue weighted by Gasteiger charge is 2.29. The lowest BCUT2D eigenvalue weighted by atomic mass is 9.77. The molecule has 2 nitrogen and oxygen atoms in total. The smallest absolute Gasteiger partial charge is 0.0607 e. The summed E-state index contributed by atoms with van der Waals surface area (Å²) in [4.78, 5) is 4.56. The molecule has 15 heavy (non-hydrogen) atoms. The Morgan fingerprint density at radius 1 is 1.53 bits per heavy atom. The molecule has 1 heterocycles. The Labute approximate surface area is 92.1 Å². The Hall–Kier alpha value is -0.890. The zero-order chi connectivity index (χ0) is 10.7. The molecule has 0 spiro atoms. The second-order valence-electron chi connectivity index (χ2n) is 4.36. The second kappa shape index (κ2) is 4.75. The minimum Gasteiger partial charge on any atom is -0.311 e. The van der Waals surface area contributed by atoms with Gasteiger partial charge in [-0.1, -0.05) is 19.4 Å². The summed E-state index contributed by atoms with van der Waals surface area (Å²) in [6.45, 7) is 2.20. The summed E-state index contributed by atoms with van der Waals surface area (Å²) in [6.07, 6.45) is 7.08. The molecule has 0 amide bonds. The average Bonchev–Trinajstić information content (AvgIpc) is 2.23. The third kappa shape index (κ3) is 2.05. The maximum atomic E-state index is 4.56. The number of aryl methyl sites for hydroxylation is 1. The monoisotopic (exact) mass is 204 g/mol. The molecule has 2 rings (SSSR count). The molecule has 2 heteroatoms. The fourth-order valence-electron chi connectivity index (χ4n) is 2.40. The molecule has 1 N–H and O–H groups in total. The van der Waals surface area contributed by atoms with Gasteiger partial charge in [-0.3, -0.25) is 4.98 Å². The lowest BCUT2D eigenvalue weighted by Gasteiger charge is -2.34. The minimum atomic E-state index is 0.468. The first-order valence-corrected chi connectivity index (χ1v) is 5.97. The summed E-state index contributed by atoms with van der Waals surface area (Å²) in [7, 11) is 2.05. The molecule has 1 aromatic rings. The van der Waals surface area contributed by atoms with Crippen LogP contribution in [0.15, 0.2) is 18.3 Å². The number of hydrogen-bond donors (Lipinski definition) is 1. The highest BCUT2D eigenvalue weighted by Crippen LogP contribution is 2.37. The fourth-order valence-corrected chi connectivity index (χ4v) is 2.40. The first kappa shape index (κ1) is 10.6. The van der Waals surface area contributed by atoms with Crippen molar-refractivity contribution in [3.63, 3.8) is 0 Å². The van der Waals surface area contributed by atoms with Crippen LogP contribution in [0.4, 0.5) is 0 Å². The molecular formula is C13H20N2. The fraction of sp³-hybridized carbons (Fsp3) is 0.615. The van der Waals surface area contributed by atoms with E-state index in [9.17, 15) is 0 Å². The van der Waals surface area contributed by atoms with Crippen molar-refractivity contribution < 1.29 is 0 Å². The molecule has 1 aromatic heterocycles. The summed E-state index contributed by atoms with van der Waals surface area (Å²) in [5.74, 6) is 0.801. The molecule has 1 saturated carbocycles. The van der Waals surface area contributed by atoms with Gasteiger partial charge in [0, 0.05) is 6.20 Å². The molecule has 0 aromatic carbocycles. The first-order chi connectivity index (χ1) is 7.36. The van der Waals surface area contributed by atoms with E-state index in [4.69, 9.17) is 0 Å². The normalized spacial score (nSPS) is 18.5. The van der Waals surface area contributed by atoms with Crippen molar-refractivity contribution in [2.75, 3.05) is 7.05 Å². The van der Waals surface area contributed by atoms with Crippen molar-refractivity contribution in [2.45, 2.75) is 38.6 Å². The summed E-state index contributed by atoms with van der Waals surface area (Å²) >= 11 is 0. The van der Waals surface area contributed by atoms with Crippen molar-refractivity contribution >= 4 is 0 Å². The van der Waals surface area contributed by atoms with E-state index in [-0.39, 0.29) is 0 Å². The molecule has 0 bridgehead atoms. The number of nitrogens with zero attached hydrogens (tertiary/aromatic N) is 1. The Balaban J connectivity index is 2.24. The number of nitrogens with one attached hydrogen (secondary N) is 1. The lowest BCUT2D eigenvalue weighted by Crippen LogP contribution is -2.31. The van der Waals surface area contributed by atoms with E-state index in [0.717, 1.165) is 12.3 Å². The van der Waals surface area contributed by atoms with E-state index in [1.807, 2.05) is 12.3 Å². The van der Waals surface area contributed by atoms with E-state index in [1.165, 1.54) is 30.5 Å². The summed E-state index contributed by atoms with van der Waals surface area (Å²) in [5.41, 5.74) is 2.66. The van der Waals surface area contributed by atoms with Crippen LogP contribution in [0.2, 0.25) is 0 Å². The molecule has 0 aliphatic heterocycles. The van der Waals surface area contributed by atoms with Gasteiger partial charge in [-0.15, -0.1) is 0 Å². The van der Waals surface area contributed by atoms with Gasteiger partial charge in [0.25, 0.3) is 0 Å². The quantitative estimate of drug-likeness (QED) is 0.815. The molecule has 1 unspecified atom stereocenters. The van der Waals surface area contributed by atoms with Crippen LogP contribution in [0.3, 0.4) is 0 Å². The van der Waals surface area contributed by atoms with Crippen molar-refractivity contribution in [3.8, 4) is 0 Å². The van der Waals surface area contributed by atoms with Crippen molar-refractivity contribution in [2.24, 2.45) is 5.92 Å². The lowest BCUT2D eigenvalue weighted by molar-refractivity contribution is 0.235. The van der Waals surface area contributed by atoms with Crippen LogP contribution in [0, 0.1) is 5.92 Å². The largest absolute Gasteiger partial charge is 0.311 e. The maximum Gasteiger partial charge on any atom is 0.0607 e. The number of pyridine rings is 1. The molecule has 1 fully saturated rings. The Kier molecular flexibility index (Phi) is 3.37. The van der Waals surface area contributed by atoms with Gasteiger partial charge in [0.1, 0.15) is 0 Å². The Morgan fingerprint density at radius 3 is 2.87 bits per heavy atom. The number of rotatable bonds is 4. The van der Waals surface area contributed by atoms with Gasteiger partial charge >= 0.3 is 0 Å². The van der Waals surface area contributed by atoms with Gasteiger partial charge in [-0.2, -0.15) is 0 Å². The number of aromatic nitrogens is 1. The first-order valence-electron chi connectivity index (χ1n) is 5.97. The van der Waals surface area contributed by atoms with Crippen LogP contribution in [0.25, 0.3) is 0 Å². The predicted molar refractivity (Wildman–Crippen MR) is 62.8 cm³/mol. The van der Waals surface area contributed by atoms with Crippen LogP contribution in [0.1, 0.15) is 43.5 Å². The van der Waals surface area contributed by atoms with Crippen LogP contribution < -0.4 is 5.32 Å². The van der Waals surface area contributed by atoms with Crippen molar-refractivity contribution in [1.82, 2.24) is 10.3 Å². The molecule has 82 valence electrons. The SMILES string of the molecule is CCc1cccnc1C(NC)C1CCC1. The standard InChI is InChI=1S/C13H20N2/c1-3-10-8-5-9-15-13(10)12(14-2)11-6-4-7-11/h5,8-9,11-12,14H,3-4,6-7H2,1-2H3. The third-order valence-corrected chi connectivity index (χ3v) is 3.53. The van der Waals surface area contributed by atoms with Crippen LogP contribution >= 0.6 is 0 Å². The highest BCUT2D eigenvalue weighted by atomic mass is 14.9. The molecule has 0 saturated heterocycles. The maximum absolute atomic E-state index is 4.56. The van der Waals surface area contributed by atoms with Gasteiger partial charge in [-0.05, 0) is 43.9 Å². The van der Waals surface area contributed by atoms with Crippen LogP contribution in [-0.2, 0) is 6.42 Å². The molecule has 1 aliphatic carbocycles. The van der Waals surface area contributed by atoms with Gasteiger partial charge in [0.05, 0.1) is 11.7 Å². The van der Waals surface area contributed by atoms with Gasteiger partial charge < -0.3 is 5.32 Å². The van der Waals surface area contributed by atoms with Gasteiger partial charge in [-0.25, -0.2) is 0 Å². The third-order valence-electron chi connectivity index (χ3n) is 3.53. The molecular weight excluding hydrogens is 184 g/mol. The Morgan fingerprint density at radius 2 is 2.33 bits per heavy atom. The number of hydrogen-bond acceptors (Lipinski definition) is 2. The van der Waals surface area contributed by atoms with E-state index in [2.05, 4.69) is 30.3 Å². The summed E-state index contributed by atoms with van der Waals surface area (Å²) in [5, 5.41) is 3.43. The van der Waals surface area contributed by atoms with E-state index in [1.54, 1.807) is 0 Å². The zero-order valence-corrected chi connectivity index (χ0v) is 9.66. The van der Waals surface area contributed by atoms with Crippen LogP contribution in [-0.4, -0.2) is 12.0 Å². The second-order valence-corrected chi connectivity index (χ2v) is 4.36. The van der Waals surface area contributed by atoms with E-state index in [0.29, 0.717) is 6.04 Å². The predicted octanol–water partition coefficient (Wildman–Crippen LogP) is 2.70. The minimum absolute atomic E-state index is 0.468. The van der Waals surface area contributed by atoms with Gasteiger partial charge in [0.2, 0.25) is 0 Å². The van der Waals surface area contributed by atoms with Crippen molar-refractivity contribution in [3.05, 3.63) is 29.6 Å². The van der Waals surface area contributed by atoms with Crippen LogP contribution in [0.5, 0.6) is 0 Å².